The van der Waals surface area contributed by atoms with Crippen molar-refractivity contribution in [1.29, 1.82) is 0 Å². The Kier molecular flexibility index (Phi) is 22.5. The van der Waals surface area contributed by atoms with E-state index in [0.29, 0.717) is 76.2 Å². The second kappa shape index (κ2) is 24.8. The van der Waals surface area contributed by atoms with Crippen LogP contribution >= 0.6 is 21.6 Å². The molecule has 0 radical (unpaired) electrons. The molecule has 0 fully saturated rings. The minimum absolute atomic E-state index is 0.00868. The SMILES string of the molecule is CSS[C@H](COc1cccc(NC(=O)CCOCCOCCNC(C)C)c1)OCCOCC(=O)NC/C=C/C(C)C. The van der Waals surface area contributed by atoms with Crippen LogP contribution in [-0.4, -0.2) is 95.5 Å². The number of benzene rings is 1. The van der Waals surface area contributed by atoms with Crippen LogP contribution in [-0.2, 0) is 28.5 Å². The third kappa shape index (κ3) is 22.5. The molecule has 0 saturated carbocycles. The highest BCUT2D eigenvalue weighted by atomic mass is 33.1. The number of carbonyl (C=O) groups is 2. The third-order valence-corrected chi connectivity index (χ3v) is 6.96. The fourth-order valence-corrected chi connectivity index (χ4v) is 4.60. The van der Waals surface area contributed by atoms with Crippen LogP contribution in [0.5, 0.6) is 5.75 Å². The first kappa shape index (κ1) is 37.2. The van der Waals surface area contributed by atoms with Gasteiger partial charge in [0, 0.05) is 30.9 Å². The fraction of sp³-hybridized carbons (Fsp3) is 0.655. The second-order valence-electron chi connectivity index (χ2n) is 9.56. The van der Waals surface area contributed by atoms with E-state index in [2.05, 4.69) is 43.6 Å². The smallest absolute Gasteiger partial charge is 0.246 e. The van der Waals surface area contributed by atoms with Crippen LogP contribution in [0.1, 0.15) is 34.1 Å². The van der Waals surface area contributed by atoms with Gasteiger partial charge in [-0.15, -0.1) is 0 Å². The monoisotopic (exact) mass is 615 g/mol. The molecule has 1 aromatic rings. The van der Waals surface area contributed by atoms with E-state index >= 15 is 0 Å². The predicted molar refractivity (Wildman–Crippen MR) is 169 cm³/mol. The molecule has 1 aromatic carbocycles. The molecular formula is C29H49N3O7S2. The van der Waals surface area contributed by atoms with Gasteiger partial charge in [0.15, 0.2) is 0 Å². The Balaban J connectivity index is 2.24. The van der Waals surface area contributed by atoms with E-state index in [1.54, 1.807) is 27.7 Å². The molecule has 0 bridgehead atoms. The van der Waals surface area contributed by atoms with Gasteiger partial charge in [-0.25, -0.2) is 0 Å². The van der Waals surface area contributed by atoms with Crippen molar-refractivity contribution >= 4 is 39.1 Å². The van der Waals surface area contributed by atoms with Crippen molar-refractivity contribution in [3.63, 3.8) is 0 Å². The first-order valence-corrected chi connectivity index (χ1v) is 16.7. The molecule has 0 aliphatic heterocycles. The van der Waals surface area contributed by atoms with Crippen LogP contribution in [0.4, 0.5) is 5.69 Å². The average Bonchev–Trinajstić information content (AvgIpc) is 2.92. The standard InChI is InChI=1S/C29H49N3O7S2/c1-23(2)8-7-12-31-28(34)21-37-18-19-38-29(41-40-5)22-39-26-10-6-9-25(20-26)32-27(33)11-14-35-16-17-36-15-13-30-24(3)4/h6-10,20,23-24,29-30H,11-19,21-22H2,1-5H3,(H,31,34)(H,32,33)/b8-7+/t29-/m1/s1. The zero-order valence-corrected chi connectivity index (χ0v) is 26.8. The molecule has 12 heteroatoms. The molecular weight excluding hydrogens is 566 g/mol. The Morgan fingerprint density at radius 1 is 0.951 bits per heavy atom. The van der Waals surface area contributed by atoms with Gasteiger partial charge in [0.2, 0.25) is 11.8 Å². The Morgan fingerprint density at radius 2 is 1.71 bits per heavy atom. The molecule has 234 valence electrons. The van der Waals surface area contributed by atoms with Crippen molar-refractivity contribution in [3.8, 4) is 5.75 Å². The molecule has 0 spiro atoms. The zero-order chi connectivity index (χ0) is 30.1. The van der Waals surface area contributed by atoms with Gasteiger partial charge in [-0.3, -0.25) is 9.59 Å². The number of allylic oxidation sites excluding steroid dienone is 1. The highest BCUT2D eigenvalue weighted by Crippen LogP contribution is 2.26. The lowest BCUT2D eigenvalue weighted by Crippen LogP contribution is -2.28. The highest BCUT2D eigenvalue weighted by molar-refractivity contribution is 8.76. The molecule has 1 atom stereocenters. The molecule has 0 heterocycles. The lowest BCUT2D eigenvalue weighted by molar-refractivity contribution is -0.126. The summed E-state index contributed by atoms with van der Waals surface area (Å²) in [5.41, 5.74) is 0.421. The van der Waals surface area contributed by atoms with Gasteiger partial charge in [-0.2, -0.15) is 0 Å². The Morgan fingerprint density at radius 3 is 2.44 bits per heavy atom. The van der Waals surface area contributed by atoms with Crippen LogP contribution in [0.3, 0.4) is 0 Å². The summed E-state index contributed by atoms with van der Waals surface area (Å²) in [5, 5.41) is 8.93. The van der Waals surface area contributed by atoms with Crippen LogP contribution < -0.4 is 20.7 Å². The highest BCUT2D eigenvalue weighted by Gasteiger charge is 2.12. The zero-order valence-electron chi connectivity index (χ0n) is 25.1. The molecule has 0 aliphatic rings. The molecule has 0 unspecified atom stereocenters. The predicted octanol–water partition coefficient (Wildman–Crippen LogP) is 4.12. The summed E-state index contributed by atoms with van der Waals surface area (Å²) in [6.07, 6.45) is 6.19. The van der Waals surface area contributed by atoms with Gasteiger partial charge >= 0.3 is 0 Å². The lowest BCUT2D eigenvalue weighted by atomic mass is 10.2. The van der Waals surface area contributed by atoms with E-state index in [1.807, 2.05) is 36.6 Å². The maximum Gasteiger partial charge on any atom is 0.246 e. The molecule has 2 amide bonds. The summed E-state index contributed by atoms with van der Waals surface area (Å²) >= 11 is 0. The first-order chi connectivity index (χ1) is 19.8. The molecule has 0 aromatic heterocycles. The number of hydrogen-bond acceptors (Lipinski definition) is 10. The summed E-state index contributed by atoms with van der Waals surface area (Å²) in [5.74, 6) is 0.782. The van der Waals surface area contributed by atoms with Crippen molar-refractivity contribution < 1.29 is 33.3 Å². The maximum atomic E-state index is 12.3. The number of amides is 2. The molecule has 1 rings (SSSR count). The van der Waals surface area contributed by atoms with Gasteiger partial charge in [0.05, 0.1) is 46.1 Å². The fourth-order valence-electron chi connectivity index (χ4n) is 3.14. The van der Waals surface area contributed by atoms with Gasteiger partial charge < -0.3 is 39.6 Å². The van der Waals surface area contributed by atoms with E-state index in [-0.39, 0.29) is 30.3 Å². The number of anilines is 1. The van der Waals surface area contributed by atoms with E-state index in [9.17, 15) is 9.59 Å². The normalized spacial score (nSPS) is 12.3. The van der Waals surface area contributed by atoms with E-state index < -0.39 is 0 Å². The van der Waals surface area contributed by atoms with Crippen LogP contribution in [0, 0.1) is 5.92 Å². The molecule has 0 aliphatic carbocycles. The van der Waals surface area contributed by atoms with Crippen molar-refractivity contribution in [3.05, 3.63) is 36.4 Å². The van der Waals surface area contributed by atoms with Crippen LogP contribution in [0.15, 0.2) is 36.4 Å². The molecule has 0 saturated heterocycles. The van der Waals surface area contributed by atoms with E-state index in [4.69, 9.17) is 23.7 Å². The third-order valence-electron chi connectivity index (χ3n) is 5.05. The number of carbonyl (C=O) groups excluding carboxylic acids is 2. The largest absolute Gasteiger partial charge is 0.490 e. The summed E-state index contributed by atoms with van der Waals surface area (Å²) in [6, 6.07) is 7.67. The number of ether oxygens (including phenoxy) is 5. The van der Waals surface area contributed by atoms with Gasteiger partial charge in [-0.1, -0.05) is 67.5 Å². The average molecular weight is 616 g/mol. The Hall–Kier alpha value is -1.80. The summed E-state index contributed by atoms with van der Waals surface area (Å²) in [4.78, 5) is 24.1. The quantitative estimate of drug-likeness (QED) is 0.0642. The number of nitrogens with one attached hydrogen (secondary N) is 3. The number of hydrogen-bond donors (Lipinski definition) is 3. The molecule has 10 nitrogen and oxygen atoms in total. The van der Waals surface area contributed by atoms with Crippen molar-refractivity contribution in [2.45, 2.75) is 45.6 Å². The topological polar surface area (TPSA) is 116 Å². The minimum Gasteiger partial charge on any atom is -0.490 e. The Bertz CT molecular complexity index is 859. The van der Waals surface area contributed by atoms with E-state index in [0.717, 1.165) is 6.54 Å². The van der Waals surface area contributed by atoms with Crippen molar-refractivity contribution in [2.24, 2.45) is 5.92 Å². The first-order valence-electron chi connectivity index (χ1n) is 14.0. The van der Waals surface area contributed by atoms with Gasteiger partial charge in [0.1, 0.15) is 24.4 Å². The Labute approximate surface area is 253 Å². The summed E-state index contributed by atoms with van der Waals surface area (Å²) in [6.45, 7) is 12.5. The molecule has 3 N–H and O–H groups in total. The van der Waals surface area contributed by atoms with E-state index in [1.165, 1.54) is 0 Å². The lowest BCUT2D eigenvalue weighted by Gasteiger charge is -2.17. The van der Waals surface area contributed by atoms with Crippen molar-refractivity contribution in [1.82, 2.24) is 10.6 Å². The van der Waals surface area contributed by atoms with Crippen LogP contribution in [0.25, 0.3) is 0 Å². The summed E-state index contributed by atoms with van der Waals surface area (Å²) in [7, 11) is 3.12. The van der Waals surface area contributed by atoms with Gasteiger partial charge in [0.25, 0.3) is 0 Å². The maximum absolute atomic E-state index is 12.3. The molecule has 41 heavy (non-hydrogen) atoms. The minimum atomic E-state index is -0.227. The number of rotatable bonds is 25. The van der Waals surface area contributed by atoms with Gasteiger partial charge in [-0.05, 0) is 24.3 Å². The van der Waals surface area contributed by atoms with Crippen molar-refractivity contribution in [2.75, 3.05) is 77.5 Å². The second-order valence-corrected chi connectivity index (χ2v) is 12.2. The summed E-state index contributed by atoms with van der Waals surface area (Å²) < 4.78 is 28.1. The van der Waals surface area contributed by atoms with Crippen LogP contribution in [0.2, 0.25) is 0 Å².